The van der Waals surface area contributed by atoms with Crippen LogP contribution >= 0.6 is 45.2 Å². The molecule has 32 heavy (non-hydrogen) atoms. The summed E-state index contributed by atoms with van der Waals surface area (Å²) in [6, 6.07) is 9.51. The van der Waals surface area contributed by atoms with E-state index in [1.807, 2.05) is 71.2 Å². The van der Waals surface area contributed by atoms with Gasteiger partial charge in [0.2, 0.25) is 0 Å². The highest BCUT2D eigenvalue weighted by atomic mass is 127. The molecule has 0 unspecified atom stereocenters. The smallest absolute Gasteiger partial charge is 0.341 e. The minimum Gasteiger partial charge on any atom is -0.480 e. The van der Waals surface area contributed by atoms with Crippen LogP contribution in [0.3, 0.4) is 0 Å². The molecule has 3 rings (SSSR count). The van der Waals surface area contributed by atoms with E-state index in [2.05, 4.69) is 5.32 Å². The van der Waals surface area contributed by atoms with E-state index in [0.717, 1.165) is 10.5 Å². The van der Waals surface area contributed by atoms with Crippen molar-refractivity contribution < 1.29 is 29.0 Å². The number of amides is 4. The van der Waals surface area contributed by atoms with Crippen molar-refractivity contribution in [1.29, 1.82) is 0 Å². The number of hydrogen-bond acceptors (Lipinski definition) is 5. The van der Waals surface area contributed by atoms with Crippen LogP contribution in [-0.2, 0) is 14.4 Å². The van der Waals surface area contributed by atoms with E-state index in [9.17, 15) is 19.2 Å². The number of hydrogen-bond donors (Lipinski definition) is 2. The molecule has 1 aliphatic heterocycles. The second-order valence-corrected chi connectivity index (χ2v) is 9.52. The number of nitrogens with one attached hydrogen (secondary N) is 1. The van der Waals surface area contributed by atoms with E-state index in [0.29, 0.717) is 30.1 Å². The van der Waals surface area contributed by atoms with E-state index in [4.69, 9.17) is 9.84 Å². The third-order valence-corrected chi connectivity index (χ3v) is 6.19. The summed E-state index contributed by atoms with van der Waals surface area (Å²) in [5.41, 5.74) is 1.75. The molecule has 0 atom stereocenters. The van der Waals surface area contributed by atoms with Gasteiger partial charge < -0.3 is 9.84 Å². The molecular formula is C22H18I2N2O6. The number of benzene rings is 2. The summed E-state index contributed by atoms with van der Waals surface area (Å²) in [5.74, 6) is -1.92. The lowest BCUT2D eigenvalue weighted by molar-refractivity contribution is -0.139. The van der Waals surface area contributed by atoms with Gasteiger partial charge >= 0.3 is 12.0 Å². The zero-order valence-corrected chi connectivity index (χ0v) is 21.3. The Balaban J connectivity index is 1.94. The SMILES string of the molecule is CC(C)c1ccc(N2C(=O)NC(=O)/C(=C/c3cc(I)c(OCC(=O)O)c(I)c3)C2=O)cc1. The van der Waals surface area contributed by atoms with Crippen LogP contribution in [0.1, 0.15) is 30.9 Å². The lowest BCUT2D eigenvalue weighted by Crippen LogP contribution is -2.54. The number of aliphatic carboxylic acids is 1. The van der Waals surface area contributed by atoms with Gasteiger partial charge in [0.05, 0.1) is 12.8 Å². The van der Waals surface area contributed by atoms with Crippen molar-refractivity contribution in [1.82, 2.24) is 5.32 Å². The summed E-state index contributed by atoms with van der Waals surface area (Å²) in [5, 5.41) is 11.0. The van der Waals surface area contributed by atoms with Crippen LogP contribution in [0.15, 0.2) is 42.0 Å². The van der Waals surface area contributed by atoms with Crippen molar-refractivity contribution in [3.63, 3.8) is 0 Å². The monoisotopic (exact) mass is 660 g/mol. The highest BCUT2D eigenvalue weighted by molar-refractivity contribution is 14.1. The van der Waals surface area contributed by atoms with Gasteiger partial charge in [0, 0.05) is 0 Å². The minimum atomic E-state index is -1.10. The van der Waals surface area contributed by atoms with Gasteiger partial charge in [-0.3, -0.25) is 14.9 Å². The maximum atomic E-state index is 13.1. The van der Waals surface area contributed by atoms with Crippen molar-refractivity contribution in [2.75, 3.05) is 11.5 Å². The fraction of sp³-hybridized carbons (Fsp3) is 0.182. The van der Waals surface area contributed by atoms with Crippen molar-refractivity contribution >= 4 is 80.8 Å². The number of halogens is 2. The van der Waals surface area contributed by atoms with Gasteiger partial charge in [0.25, 0.3) is 11.8 Å². The molecule has 0 saturated carbocycles. The second kappa shape index (κ2) is 9.98. The number of anilines is 1. The lowest BCUT2D eigenvalue weighted by atomic mass is 10.0. The number of urea groups is 1. The first-order chi connectivity index (χ1) is 15.1. The van der Waals surface area contributed by atoms with Crippen molar-refractivity contribution in [2.24, 2.45) is 0 Å². The van der Waals surface area contributed by atoms with Gasteiger partial charge in [0.1, 0.15) is 11.3 Å². The zero-order chi connectivity index (χ0) is 23.6. The molecule has 0 spiro atoms. The number of carbonyl (C=O) groups is 4. The molecule has 8 nitrogen and oxygen atoms in total. The first kappa shape index (κ1) is 24.2. The molecule has 1 fully saturated rings. The predicted molar refractivity (Wildman–Crippen MR) is 135 cm³/mol. The normalized spacial score (nSPS) is 15.3. The molecule has 1 heterocycles. The van der Waals surface area contributed by atoms with Gasteiger partial charge in [-0.15, -0.1) is 0 Å². The molecule has 0 aromatic heterocycles. The Morgan fingerprint density at radius 3 is 2.25 bits per heavy atom. The molecule has 2 aromatic carbocycles. The summed E-state index contributed by atoms with van der Waals surface area (Å²) in [6.45, 7) is 3.59. The number of imide groups is 2. The number of ether oxygens (including phenoxy) is 1. The fourth-order valence-electron chi connectivity index (χ4n) is 3.00. The molecule has 166 valence electrons. The van der Waals surface area contributed by atoms with Crippen LogP contribution in [0.4, 0.5) is 10.5 Å². The van der Waals surface area contributed by atoms with Crippen molar-refractivity contribution in [2.45, 2.75) is 19.8 Å². The first-order valence-electron chi connectivity index (χ1n) is 9.43. The Bertz CT molecular complexity index is 1120. The summed E-state index contributed by atoms with van der Waals surface area (Å²) in [7, 11) is 0. The van der Waals surface area contributed by atoms with Crippen LogP contribution in [0, 0.1) is 7.14 Å². The molecule has 0 aliphatic carbocycles. The van der Waals surface area contributed by atoms with E-state index in [-0.39, 0.29) is 5.57 Å². The molecule has 2 aromatic rings. The van der Waals surface area contributed by atoms with Crippen LogP contribution < -0.4 is 15.0 Å². The highest BCUT2D eigenvalue weighted by Gasteiger charge is 2.36. The Kier molecular flexibility index (Phi) is 7.54. The fourth-order valence-corrected chi connectivity index (χ4v) is 5.13. The van der Waals surface area contributed by atoms with Crippen molar-refractivity contribution in [3.8, 4) is 5.75 Å². The topological polar surface area (TPSA) is 113 Å². The average molecular weight is 660 g/mol. The molecule has 1 aliphatic rings. The number of carboxylic acid groups (broad SMARTS) is 1. The number of carboxylic acids is 1. The quantitative estimate of drug-likeness (QED) is 0.274. The number of carbonyl (C=O) groups excluding carboxylic acids is 3. The van der Waals surface area contributed by atoms with E-state index < -0.39 is 30.4 Å². The Morgan fingerprint density at radius 2 is 1.72 bits per heavy atom. The van der Waals surface area contributed by atoms with Crippen LogP contribution in [0.25, 0.3) is 6.08 Å². The Morgan fingerprint density at radius 1 is 1.12 bits per heavy atom. The highest BCUT2D eigenvalue weighted by Crippen LogP contribution is 2.31. The van der Waals surface area contributed by atoms with Gasteiger partial charge in [0.15, 0.2) is 6.61 Å². The van der Waals surface area contributed by atoms with Crippen LogP contribution in [0.5, 0.6) is 5.75 Å². The standard InChI is InChI=1S/C22H18I2N2O6/c1-11(2)13-3-5-14(6-4-13)26-21(30)15(20(29)25-22(26)31)7-12-8-16(23)19(17(24)9-12)32-10-18(27)28/h3-9,11H,10H2,1-2H3,(H,27,28)(H,25,29,31)/b15-7-. The average Bonchev–Trinajstić information content (AvgIpc) is 2.70. The van der Waals surface area contributed by atoms with Gasteiger partial charge in [-0.05, 0) is 92.6 Å². The Hall–Kier alpha value is -2.48. The predicted octanol–water partition coefficient (Wildman–Crippen LogP) is 4.15. The van der Waals surface area contributed by atoms with E-state index in [1.54, 1.807) is 24.3 Å². The van der Waals surface area contributed by atoms with E-state index in [1.165, 1.54) is 6.08 Å². The first-order valence-corrected chi connectivity index (χ1v) is 11.6. The third-order valence-electron chi connectivity index (χ3n) is 4.59. The maximum absolute atomic E-state index is 13.1. The third kappa shape index (κ3) is 5.28. The van der Waals surface area contributed by atoms with Gasteiger partial charge in [-0.2, -0.15) is 0 Å². The number of nitrogens with zero attached hydrogens (tertiary/aromatic N) is 1. The summed E-state index contributed by atoms with van der Waals surface area (Å²) in [4.78, 5) is 49.6. The van der Waals surface area contributed by atoms with Gasteiger partial charge in [-0.1, -0.05) is 26.0 Å². The Labute approximate surface area is 211 Å². The van der Waals surface area contributed by atoms with Gasteiger partial charge in [-0.25, -0.2) is 14.5 Å². The molecule has 1 saturated heterocycles. The molecule has 4 amide bonds. The van der Waals surface area contributed by atoms with E-state index >= 15 is 0 Å². The second-order valence-electron chi connectivity index (χ2n) is 7.20. The maximum Gasteiger partial charge on any atom is 0.341 e. The number of rotatable bonds is 6. The molecule has 0 bridgehead atoms. The molecule has 10 heteroatoms. The largest absolute Gasteiger partial charge is 0.480 e. The lowest BCUT2D eigenvalue weighted by Gasteiger charge is -2.26. The molecule has 2 N–H and O–H groups in total. The van der Waals surface area contributed by atoms with Crippen LogP contribution in [0.2, 0.25) is 0 Å². The summed E-state index contributed by atoms with van der Waals surface area (Å²) < 4.78 is 6.53. The summed E-state index contributed by atoms with van der Waals surface area (Å²) in [6.07, 6.45) is 1.39. The molecular weight excluding hydrogens is 642 g/mol. The minimum absolute atomic E-state index is 0.191. The summed E-state index contributed by atoms with van der Waals surface area (Å²) >= 11 is 3.97. The number of barbiturate groups is 1. The molecule has 0 radical (unpaired) electrons. The van der Waals surface area contributed by atoms with Crippen molar-refractivity contribution in [3.05, 3.63) is 60.2 Å². The zero-order valence-electron chi connectivity index (χ0n) is 17.0. The van der Waals surface area contributed by atoms with Crippen LogP contribution in [-0.4, -0.2) is 35.5 Å².